The van der Waals surface area contributed by atoms with Gasteiger partial charge in [0.15, 0.2) is 0 Å². The van der Waals surface area contributed by atoms with E-state index in [9.17, 15) is 4.79 Å². The van der Waals surface area contributed by atoms with Crippen molar-refractivity contribution in [3.8, 4) is 5.75 Å². The lowest BCUT2D eigenvalue weighted by Gasteiger charge is -2.07. The van der Waals surface area contributed by atoms with Gasteiger partial charge in [-0.1, -0.05) is 6.07 Å². The van der Waals surface area contributed by atoms with Crippen molar-refractivity contribution in [1.82, 2.24) is 10.3 Å². The Hall–Kier alpha value is -1.40. The molecule has 1 heterocycles. The highest BCUT2D eigenvalue weighted by Gasteiger charge is 2.05. The summed E-state index contributed by atoms with van der Waals surface area (Å²) in [6, 6.07) is 5.88. The normalized spacial score (nSPS) is 10.5. The summed E-state index contributed by atoms with van der Waals surface area (Å²) in [6.07, 6.45) is 1.98. The fourth-order valence-electron chi connectivity index (χ4n) is 2.06. The molecule has 0 saturated carbocycles. The van der Waals surface area contributed by atoms with E-state index in [0.29, 0.717) is 19.4 Å². The molecule has 6 heteroatoms. The molecule has 22 heavy (non-hydrogen) atoms. The van der Waals surface area contributed by atoms with Crippen LogP contribution in [0.25, 0.3) is 0 Å². The minimum absolute atomic E-state index is 0.0684. The zero-order valence-electron chi connectivity index (χ0n) is 12.7. The molecule has 0 radical (unpaired) electrons. The molecule has 1 amide bonds. The molecule has 2 aromatic rings. The van der Waals surface area contributed by atoms with Gasteiger partial charge in [0.25, 0.3) is 0 Å². The fraction of sp³-hybridized carbons (Fsp3) is 0.375. The molecule has 0 aliphatic carbocycles. The van der Waals surface area contributed by atoms with Crippen molar-refractivity contribution in [3.05, 3.63) is 44.3 Å². The van der Waals surface area contributed by atoms with Crippen LogP contribution in [0.2, 0.25) is 0 Å². The fourth-order valence-corrected chi connectivity index (χ4v) is 3.30. The number of aryl methyl sites for hydroxylation is 2. The first-order valence-corrected chi connectivity index (χ1v) is 8.76. The highest BCUT2D eigenvalue weighted by molar-refractivity contribution is 9.10. The van der Waals surface area contributed by atoms with Crippen LogP contribution >= 0.6 is 27.3 Å². The van der Waals surface area contributed by atoms with Crippen LogP contribution in [-0.2, 0) is 17.6 Å². The summed E-state index contributed by atoms with van der Waals surface area (Å²) in [5.74, 6) is 0.866. The van der Waals surface area contributed by atoms with Crippen molar-refractivity contribution in [2.24, 2.45) is 0 Å². The first kappa shape index (κ1) is 17.0. The van der Waals surface area contributed by atoms with Crippen molar-refractivity contribution in [1.29, 1.82) is 0 Å². The van der Waals surface area contributed by atoms with Crippen LogP contribution in [0.1, 0.15) is 22.7 Å². The van der Waals surface area contributed by atoms with E-state index in [1.165, 1.54) is 0 Å². The number of amides is 1. The van der Waals surface area contributed by atoms with Crippen molar-refractivity contribution >= 4 is 33.2 Å². The molecule has 0 bridgehead atoms. The van der Waals surface area contributed by atoms with Gasteiger partial charge >= 0.3 is 0 Å². The standard InChI is InChI=1S/C16H19BrN2O2S/c1-11-19-13(10-22-11)7-8-18-16(20)6-4-12-3-5-15(21-2)14(17)9-12/h3,5,9-10H,4,6-8H2,1-2H3,(H,18,20). The molecule has 2 rings (SSSR count). The van der Waals surface area contributed by atoms with Gasteiger partial charge in [0, 0.05) is 24.8 Å². The average Bonchev–Trinajstić information content (AvgIpc) is 2.91. The molecule has 1 aromatic carbocycles. The van der Waals surface area contributed by atoms with E-state index in [1.807, 2.05) is 30.5 Å². The number of ether oxygens (including phenoxy) is 1. The van der Waals surface area contributed by atoms with Crippen LogP contribution in [0, 0.1) is 6.92 Å². The van der Waals surface area contributed by atoms with E-state index in [4.69, 9.17) is 4.74 Å². The van der Waals surface area contributed by atoms with Crippen LogP contribution in [0.15, 0.2) is 28.1 Å². The number of nitrogens with zero attached hydrogens (tertiary/aromatic N) is 1. The van der Waals surface area contributed by atoms with Gasteiger partial charge < -0.3 is 10.1 Å². The van der Waals surface area contributed by atoms with E-state index < -0.39 is 0 Å². The molecule has 1 N–H and O–H groups in total. The van der Waals surface area contributed by atoms with Crippen molar-refractivity contribution in [3.63, 3.8) is 0 Å². The Morgan fingerprint density at radius 2 is 2.23 bits per heavy atom. The van der Waals surface area contributed by atoms with Gasteiger partial charge in [-0.15, -0.1) is 11.3 Å². The first-order valence-electron chi connectivity index (χ1n) is 7.08. The van der Waals surface area contributed by atoms with Crippen LogP contribution in [0.4, 0.5) is 0 Å². The highest BCUT2D eigenvalue weighted by Crippen LogP contribution is 2.25. The molecular formula is C16H19BrN2O2S. The Morgan fingerprint density at radius 3 is 2.86 bits per heavy atom. The second kappa shape index (κ2) is 8.29. The zero-order valence-corrected chi connectivity index (χ0v) is 15.1. The number of methoxy groups -OCH3 is 1. The summed E-state index contributed by atoms with van der Waals surface area (Å²) in [6.45, 7) is 2.62. The maximum Gasteiger partial charge on any atom is 0.220 e. The van der Waals surface area contributed by atoms with Gasteiger partial charge in [-0.05, 0) is 47.0 Å². The SMILES string of the molecule is COc1ccc(CCC(=O)NCCc2csc(C)n2)cc1Br. The number of nitrogens with one attached hydrogen (secondary N) is 1. The number of benzene rings is 1. The summed E-state index contributed by atoms with van der Waals surface area (Å²) in [5, 5.41) is 6.04. The minimum atomic E-state index is 0.0684. The lowest BCUT2D eigenvalue weighted by molar-refractivity contribution is -0.121. The van der Waals surface area contributed by atoms with Gasteiger partial charge in [0.2, 0.25) is 5.91 Å². The molecule has 0 aliphatic rings. The van der Waals surface area contributed by atoms with E-state index in [2.05, 4.69) is 26.2 Å². The number of carbonyl (C=O) groups excluding carboxylic acids is 1. The largest absolute Gasteiger partial charge is 0.496 e. The molecule has 118 valence electrons. The summed E-state index contributed by atoms with van der Waals surface area (Å²) in [5.41, 5.74) is 2.15. The van der Waals surface area contributed by atoms with Crippen LogP contribution in [0.3, 0.4) is 0 Å². The molecule has 0 saturated heterocycles. The lowest BCUT2D eigenvalue weighted by atomic mass is 10.1. The smallest absolute Gasteiger partial charge is 0.220 e. The Kier molecular flexibility index (Phi) is 6.39. The first-order chi connectivity index (χ1) is 10.6. The third kappa shape index (κ3) is 5.10. The van der Waals surface area contributed by atoms with Crippen LogP contribution in [0.5, 0.6) is 5.75 Å². The zero-order chi connectivity index (χ0) is 15.9. The Bertz CT molecular complexity index is 643. The number of hydrogen-bond donors (Lipinski definition) is 1. The predicted octanol–water partition coefficient (Wildman–Crippen LogP) is 3.51. The predicted molar refractivity (Wildman–Crippen MR) is 92.6 cm³/mol. The molecule has 1 aromatic heterocycles. The van der Waals surface area contributed by atoms with Crippen molar-refractivity contribution in [2.45, 2.75) is 26.2 Å². The summed E-state index contributed by atoms with van der Waals surface area (Å²) >= 11 is 5.09. The molecule has 0 fully saturated rings. The number of rotatable bonds is 7. The van der Waals surface area contributed by atoms with Crippen LogP contribution < -0.4 is 10.1 Å². The monoisotopic (exact) mass is 382 g/mol. The number of thiazole rings is 1. The number of hydrogen-bond acceptors (Lipinski definition) is 4. The Balaban J connectivity index is 1.72. The Morgan fingerprint density at radius 1 is 1.41 bits per heavy atom. The maximum absolute atomic E-state index is 11.9. The molecule has 4 nitrogen and oxygen atoms in total. The Labute approximate surface area is 143 Å². The van der Waals surface area contributed by atoms with Gasteiger partial charge in [0.05, 0.1) is 22.3 Å². The second-order valence-electron chi connectivity index (χ2n) is 4.93. The van der Waals surface area contributed by atoms with E-state index in [-0.39, 0.29) is 5.91 Å². The van der Waals surface area contributed by atoms with Crippen molar-refractivity contribution < 1.29 is 9.53 Å². The number of halogens is 1. The lowest BCUT2D eigenvalue weighted by Crippen LogP contribution is -2.25. The van der Waals surface area contributed by atoms with E-state index in [0.717, 1.165) is 32.9 Å². The summed E-state index contributed by atoms with van der Waals surface area (Å²) in [7, 11) is 1.64. The van der Waals surface area contributed by atoms with Gasteiger partial charge in [-0.25, -0.2) is 4.98 Å². The molecule has 0 unspecified atom stereocenters. The van der Waals surface area contributed by atoms with Gasteiger partial charge in [-0.2, -0.15) is 0 Å². The van der Waals surface area contributed by atoms with Crippen molar-refractivity contribution in [2.75, 3.05) is 13.7 Å². The molecular weight excluding hydrogens is 364 g/mol. The molecule has 0 aliphatic heterocycles. The maximum atomic E-state index is 11.9. The number of aromatic nitrogens is 1. The topological polar surface area (TPSA) is 51.2 Å². The second-order valence-corrected chi connectivity index (χ2v) is 6.84. The third-order valence-electron chi connectivity index (χ3n) is 3.23. The number of carbonyl (C=O) groups is 1. The van der Waals surface area contributed by atoms with Gasteiger partial charge in [-0.3, -0.25) is 4.79 Å². The molecule has 0 atom stereocenters. The van der Waals surface area contributed by atoms with Crippen LogP contribution in [-0.4, -0.2) is 24.5 Å². The third-order valence-corrected chi connectivity index (χ3v) is 4.67. The average molecular weight is 383 g/mol. The minimum Gasteiger partial charge on any atom is -0.496 e. The summed E-state index contributed by atoms with van der Waals surface area (Å²) in [4.78, 5) is 16.2. The highest BCUT2D eigenvalue weighted by atomic mass is 79.9. The quantitative estimate of drug-likeness (QED) is 0.796. The molecule has 0 spiro atoms. The van der Waals surface area contributed by atoms with Gasteiger partial charge in [0.1, 0.15) is 5.75 Å². The van der Waals surface area contributed by atoms with E-state index >= 15 is 0 Å². The van der Waals surface area contributed by atoms with E-state index in [1.54, 1.807) is 18.4 Å². The summed E-state index contributed by atoms with van der Waals surface area (Å²) < 4.78 is 6.10.